The standard InChI is InChI=1S/C30H31N5O5/c1-38-23-10-6-7-21(16-23)29(30(37)31-22-8-2-3-9-22)34(17-20-13-14-26-27(15-20)40-19-39-26)28(36)18-35-25-12-5-4-11-24(25)32-33-35/h4-7,10-16,22,29H,2-3,8-9,17-19H2,1H3,(H,31,37)/t29-/m0/s1. The number of ether oxygens (including phenoxy) is 3. The topological polar surface area (TPSA) is 108 Å². The molecule has 10 nitrogen and oxygen atoms in total. The molecule has 4 aromatic rings. The Hall–Kier alpha value is -4.60. The lowest BCUT2D eigenvalue weighted by atomic mass is 10.0. The quantitative estimate of drug-likeness (QED) is 0.341. The second kappa shape index (κ2) is 11.3. The summed E-state index contributed by atoms with van der Waals surface area (Å²) in [5, 5.41) is 11.6. The van der Waals surface area contributed by atoms with Crippen LogP contribution in [0, 0.1) is 0 Å². The van der Waals surface area contributed by atoms with Crippen molar-refractivity contribution >= 4 is 22.8 Å². The van der Waals surface area contributed by atoms with Gasteiger partial charge in [-0.1, -0.05) is 48.4 Å². The molecule has 0 unspecified atom stereocenters. The number of hydrogen-bond donors (Lipinski definition) is 1. The van der Waals surface area contributed by atoms with Gasteiger partial charge in [0.1, 0.15) is 23.9 Å². The minimum Gasteiger partial charge on any atom is -0.497 e. The van der Waals surface area contributed by atoms with E-state index in [1.165, 1.54) is 0 Å². The molecule has 3 aromatic carbocycles. The fourth-order valence-corrected chi connectivity index (χ4v) is 5.45. The second-order valence-electron chi connectivity index (χ2n) is 10.1. The maximum atomic E-state index is 14.2. The summed E-state index contributed by atoms with van der Waals surface area (Å²) in [5.41, 5.74) is 2.91. The molecule has 0 radical (unpaired) electrons. The molecule has 0 bridgehead atoms. The lowest BCUT2D eigenvalue weighted by Crippen LogP contribution is -2.46. The normalized spacial score (nSPS) is 15.2. The van der Waals surface area contributed by atoms with Gasteiger partial charge in [-0.05, 0) is 60.4 Å². The fourth-order valence-electron chi connectivity index (χ4n) is 5.45. The molecule has 10 heteroatoms. The Bertz CT molecular complexity index is 1530. The van der Waals surface area contributed by atoms with Gasteiger partial charge in [0.2, 0.25) is 18.6 Å². The summed E-state index contributed by atoms with van der Waals surface area (Å²) in [6.07, 6.45) is 4.01. The molecule has 2 heterocycles. The van der Waals surface area contributed by atoms with E-state index in [2.05, 4.69) is 15.6 Å². The average molecular weight is 542 g/mol. The Labute approximate surface area is 231 Å². The van der Waals surface area contributed by atoms with Crippen LogP contribution in [0.5, 0.6) is 17.2 Å². The second-order valence-corrected chi connectivity index (χ2v) is 10.1. The zero-order chi connectivity index (χ0) is 27.5. The predicted molar refractivity (Wildman–Crippen MR) is 147 cm³/mol. The lowest BCUT2D eigenvalue weighted by molar-refractivity contribution is -0.142. The van der Waals surface area contributed by atoms with Gasteiger partial charge in [0.25, 0.3) is 0 Å². The van der Waals surface area contributed by atoms with E-state index in [9.17, 15) is 9.59 Å². The van der Waals surface area contributed by atoms with Gasteiger partial charge in [-0.15, -0.1) is 5.10 Å². The number of para-hydroxylation sites is 1. The number of fused-ring (bicyclic) bond motifs is 2. The molecule has 0 saturated heterocycles. The molecule has 1 aliphatic carbocycles. The van der Waals surface area contributed by atoms with Crippen molar-refractivity contribution in [3.8, 4) is 17.2 Å². The molecule has 1 atom stereocenters. The molecular weight excluding hydrogens is 510 g/mol. The molecule has 1 fully saturated rings. The fraction of sp³-hybridized carbons (Fsp3) is 0.333. The maximum absolute atomic E-state index is 14.2. The molecule has 1 aromatic heterocycles. The van der Waals surface area contributed by atoms with Crippen LogP contribution in [0.3, 0.4) is 0 Å². The third kappa shape index (κ3) is 5.29. The summed E-state index contributed by atoms with van der Waals surface area (Å²) in [4.78, 5) is 29.8. The van der Waals surface area contributed by atoms with Gasteiger partial charge < -0.3 is 24.4 Å². The number of hydrogen-bond acceptors (Lipinski definition) is 7. The van der Waals surface area contributed by atoms with Crippen LogP contribution in [0.15, 0.2) is 66.7 Å². The van der Waals surface area contributed by atoms with Crippen molar-refractivity contribution in [2.75, 3.05) is 13.9 Å². The maximum Gasteiger partial charge on any atom is 0.247 e. The van der Waals surface area contributed by atoms with Crippen molar-refractivity contribution in [2.45, 2.75) is 50.9 Å². The lowest BCUT2D eigenvalue weighted by Gasteiger charge is -2.32. The Morgan fingerprint density at radius 2 is 1.88 bits per heavy atom. The predicted octanol–water partition coefficient (Wildman–Crippen LogP) is 4.00. The van der Waals surface area contributed by atoms with Crippen molar-refractivity contribution in [3.63, 3.8) is 0 Å². The van der Waals surface area contributed by atoms with Gasteiger partial charge in [0, 0.05) is 12.6 Å². The largest absolute Gasteiger partial charge is 0.497 e. The SMILES string of the molecule is COc1cccc([C@@H](C(=O)NC2CCCC2)N(Cc2ccc3c(c2)OCO3)C(=O)Cn2nnc3ccccc32)c1. The number of methoxy groups -OCH3 is 1. The molecule has 2 aliphatic rings. The van der Waals surface area contributed by atoms with Gasteiger partial charge in [0.15, 0.2) is 11.5 Å². The first-order chi connectivity index (χ1) is 19.6. The van der Waals surface area contributed by atoms with E-state index in [0.29, 0.717) is 28.3 Å². The molecule has 206 valence electrons. The molecule has 1 aliphatic heterocycles. The highest BCUT2D eigenvalue weighted by atomic mass is 16.7. The number of aromatic nitrogens is 3. The van der Waals surface area contributed by atoms with Crippen LogP contribution in [0.4, 0.5) is 0 Å². The van der Waals surface area contributed by atoms with Gasteiger partial charge in [-0.3, -0.25) is 9.59 Å². The zero-order valence-corrected chi connectivity index (χ0v) is 22.3. The first-order valence-electron chi connectivity index (χ1n) is 13.5. The molecular formula is C30H31N5O5. The Balaban J connectivity index is 1.39. The number of carbonyl (C=O) groups is 2. The number of carbonyl (C=O) groups excluding carboxylic acids is 2. The van der Waals surface area contributed by atoms with Crippen molar-refractivity contribution in [1.82, 2.24) is 25.2 Å². The summed E-state index contributed by atoms with van der Waals surface area (Å²) < 4.78 is 18.1. The number of amides is 2. The van der Waals surface area contributed by atoms with Crippen LogP contribution >= 0.6 is 0 Å². The van der Waals surface area contributed by atoms with E-state index in [1.807, 2.05) is 66.7 Å². The number of nitrogens with one attached hydrogen (secondary N) is 1. The van der Waals surface area contributed by atoms with Crippen LogP contribution in [-0.4, -0.2) is 51.7 Å². The van der Waals surface area contributed by atoms with Gasteiger partial charge >= 0.3 is 0 Å². The van der Waals surface area contributed by atoms with Crippen molar-refractivity contribution < 1.29 is 23.8 Å². The van der Waals surface area contributed by atoms with E-state index in [0.717, 1.165) is 36.8 Å². The molecule has 6 rings (SSSR count). The summed E-state index contributed by atoms with van der Waals surface area (Å²) in [6.45, 7) is 0.237. The number of benzene rings is 3. The van der Waals surface area contributed by atoms with E-state index in [1.54, 1.807) is 16.7 Å². The van der Waals surface area contributed by atoms with Crippen LogP contribution in [0.1, 0.15) is 42.9 Å². The molecule has 0 spiro atoms. The smallest absolute Gasteiger partial charge is 0.247 e. The van der Waals surface area contributed by atoms with Crippen LogP contribution in [0.25, 0.3) is 11.0 Å². The third-order valence-electron chi connectivity index (χ3n) is 7.49. The van der Waals surface area contributed by atoms with E-state index >= 15 is 0 Å². The number of rotatable bonds is 9. The van der Waals surface area contributed by atoms with E-state index in [4.69, 9.17) is 14.2 Å². The summed E-state index contributed by atoms with van der Waals surface area (Å²) in [7, 11) is 1.58. The van der Waals surface area contributed by atoms with Gasteiger partial charge in [0.05, 0.1) is 12.6 Å². The Morgan fingerprint density at radius 1 is 1.05 bits per heavy atom. The zero-order valence-electron chi connectivity index (χ0n) is 22.3. The molecule has 1 saturated carbocycles. The Kier molecular flexibility index (Phi) is 7.22. The average Bonchev–Trinajstić information content (AvgIpc) is 3.74. The van der Waals surface area contributed by atoms with E-state index < -0.39 is 6.04 Å². The highest BCUT2D eigenvalue weighted by Crippen LogP contribution is 2.34. The highest BCUT2D eigenvalue weighted by molar-refractivity contribution is 5.89. The van der Waals surface area contributed by atoms with Crippen molar-refractivity contribution in [2.24, 2.45) is 0 Å². The van der Waals surface area contributed by atoms with Crippen LogP contribution in [0.2, 0.25) is 0 Å². The van der Waals surface area contributed by atoms with E-state index in [-0.39, 0.29) is 37.7 Å². The summed E-state index contributed by atoms with van der Waals surface area (Å²) in [6, 6.07) is 19.5. The minimum absolute atomic E-state index is 0.0811. The minimum atomic E-state index is -0.900. The van der Waals surface area contributed by atoms with Gasteiger partial charge in [-0.25, -0.2) is 4.68 Å². The third-order valence-corrected chi connectivity index (χ3v) is 7.49. The molecule has 2 amide bonds. The highest BCUT2D eigenvalue weighted by Gasteiger charge is 2.34. The monoisotopic (exact) mass is 541 g/mol. The van der Waals surface area contributed by atoms with Crippen LogP contribution < -0.4 is 19.5 Å². The van der Waals surface area contributed by atoms with Gasteiger partial charge in [-0.2, -0.15) is 0 Å². The van der Waals surface area contributed by atoms with Crippen molar-refractivity contribution in [1.29, 1.82) is 0 Å². The first-order valence-corrected chi connectivity index (χ1v) is 13.5. The Morgan fingerprint density at radius 3 is 2.73 bits per heavy atom. The van der Waals surface area contributed by atoms with Crippen LogP contribution in [-0.2, 0) is 22.7 Å². The molecule has 1 N–H and O–H groups in total. The number of nitrogens with zero attached hydrogens (tertiary/aromatic N) is 4. The van der Waals surface area contributed by atoms with Crippen molar-refractivity contribution in [3.05, 3.63) is 77.9 Å². The molecule has 40 heavy (non-hydrogen) atoms. The summed E-state index contributed by atoms with van der Waals surface area (Å²) >= 11 is 0. The first kappa shape index (κ1) is 25.7. The summed E-state index contributed by atoms with van der Waals surface area (Å²) in [5.74, 6) is 1.37.